The first-order valence-electron chi connectivity index (χ1n) is 8.87. The molecular weight excluding hydrogens is 308 g/mol. The Morgan fingerprint density at radius 2 is 1.79 bits per heavy atom. The minimum absolute atomic E-state index is 0.155. The Morgan fingerprint density at radius 1 is 1.12 bits per heavy atom. The lowest BCUT2D eigenvalue weighted by Gasteiger charge is -2.64. The number of hydrogen-bond donors (Lipinski definition) is 0. The van der Waals surface area contributed by atoms with Gasteiger partial charge in [-0.05, 0) is 57.3 Å². The number of rotatable bonds is 6. The van der Waals surface area contributed by atoms with Crippen molar-refractivity contribution < 1.29 is 23.8 Å². The van der Waals surface area contributed by atoms with E-state index < -0.39 is 17.5 Å². The van der Waals surface area contributed by atoms with Gasteiger partial charge < -0.3 is 14.2 Å². The van der Waals surface area contributed by atoms with Crippen molar-refractivity contribution in [2.75, 3.05) is 13.2 Å². The van der Waals surface area contributed by atoms with Crippen molar-refractivity contribution in [3.05, 3.63) is 12.2 Å². The Hall–Kier alpha value is -1.36. The Labute approximate surface area is 143 Å². The van der Waals surface area contributed by atoms with Crippen molar-refractivity contribution in [2.24, 2.45) is 11.3 Å². The molecule has 0 aromatic heterocycles. The zero-order valence-corrected chi connectivity index (χ0v) is 15.0. The Morgan fingerprint density at radius 3 is 2.42 bits per heavy atom. The maximum atomic E-state index is 12.3. The molecule has 4 aliphatic rings. The first kappa shape index (κ1) is 17.5. The zero-order valence-electron chi connectivity index (χ0n) is 15.0. The van der Waals surface area contributed by atoms with Gasteiger partial charge in [0.2, 0.25) is 0 Å². The molecule has 0 aromatic rings. The molecular formula is C19H28O5. The standard InChI is InChI=1S/C19H28O5/c1-5-23-18-7-14-6-17(4,10-18)11-19(8-14,12-18)24-15(20)9-22-16(21)13(2)3/h14H,2,5-12H2,1,3-4H3. The molecule has 4 fully saturated rings. The molecule has 134 valence electrons. The van der Waals surface area contributed by atoms with Gasteiger partial charge in [-0.2, -0.15) is 0 Å². The highest BCUT2D eigenvalue weighted by atomic mass is 16.6. The van der Waals surface area contributed by atoms with Crippen LogP contribution in [-0.2, 0) is 23.8 Å². The predicted molar refractivity (Wildman–Crippen MR) is 88.3 cm³/mol. The summed E-state index contributed by atoms with van der Waals surface area (Å²) < 4.78 is 17.0. The van der Waals surface area contributed by atoms with E-state index in [9.17, 15) is 9.59 Å². The van der Waals surface area contributed by atoms with Crippen molar-refractivity contribution in [3.8, 4) is 0 Å². The summed E-state index contributed by atoms with van der Waals surface area (Å²) in [5.74, 6) is -0.486. The van der Waals surface area contributed by atoms with Gasteiger partial charge in [-0.15, -0.1) is 0 Å². The molecule has 4 atom stereocenters. The molecule has 4 aliphatic carbocycles. The van der Waals surface area contributed by atoms with E-state index in [1.165, 1.54) is 6.42 Å². The molecule has 0 amide bonds. The third-order valence-corrected chi connectivity index (χ3v) is 5.70. The summed E-state index contributed by atoms with van der Waals surface area (Å²) in [7, 11) is 0. The van der Waals surface area contributed by atoms with Gasteiger partial charge in [0.15, 0.2) is 6.61 Å². The van der Waals surface area contributed by atoms with E-state index in [4.69, 9.17) is 14.2 Å². The van der Waals surface area contributed by atoms with E-state index in [-0.39, 0.29) is 23.2 Å². The molecule has 4 rings (SSSR count). The SMILES string of the molecule is C=C(C)C(=O)OCC(=O)OC12CC3CC(C)(CC(OCC)(C3)C1)C2. The van der Waals surface area contributed by atoms with Crippen LogP contribution in [0.4, 0.5) is 0 Å². The third-order valence-electron chi connectivity index (χ3n) is 5.70. The highest BCUT2D eigenvalue weighted by Crippen LogP contribution is 2.65. The molecule has 0 radical (unpaired) electrons. The molecule has 5 heteroatoms. The van der Waals surface area contributed by atoms with Crippen LogP contribution in [-0.4, -0.2) is 36.4 Å². The predicted octanol–water partition coefficient (Wildman–Crippen LogP) is 3.17. The summed E-state index contributed by atoms with van der Waals surface area (Å²) in [6.45, 7) is 9.71. The van der Waals surface area contributed by atoms with Gasteiger partial charge in [-0.1, -0.05) is 13.5 Å². The summed E-state index contributed by atoms with van der Waals surface area (Å²) in [5.41, 5.74) is -0.169. The number of carbonyl (C=O) groups is 2. The second kappa shape index (κ2) is 5.87. The van der Waals surface area contributed by atoms with E-state index in [1.807, 2.05) is 6.92 Å². The molecule has 0 N–H and O–H groups in total. The summed E-state index contributed by atoms with van der Waals surface area (Å²) in [4.78, 5) is 23.7. The molecule has 0 saturated heterocycles. The largest absolute Gasteiger partial charge is 0.456 e. The van der Waals surface area contributed by atoms with Gasteiger partial charge in [-0.25, -0.2) is 9.59 Å². The van der Waals surface area contributed by atoms with Gasteiger partial charge in [0.25, 0.3) is 0 Å². The van der Waals surface area contributed by atoms with E-state index in [0.717, 1.165) is 32.1 Å². The summed E-state index contributed by atoms with van der Waals surface area (Å²) >= 11 is 0. The number of hydrogen-bond acceptors (Lipinski definition) is 5. The third kappa shape index (κ3) is 3.23. The van der Waals surface area contributed by atoms with Gasteiger partial charge in [0, 0.05) is 18.6 Å². The topological polar surface area (TPSA) is 61.8 Å². The second-order valence-corrected chi connectivity index (χ2v) is 8.45. The van der Waals surface area contributed by atoms with Gasteiger partial charge in [0.05, 0.1) is 5.60 Å². The van der Waals surface area contributed by atoms with Crippen molar-refractivity contribution in [1.82, 2.24) is 0 Å². The van der Waals surface area contributed by atoms with Gasteiger partial charge >= 0.3 is 11.9 Å². The smallest absolute Gasteiger partial charge is 0.344 e. The van der Waals surface area contributed by atoms with Crippen molar-refractivity contribution in [1.29, 1.82) is 0 Å². The molecule has 0 aromatic carbocycles. The molecule has 4 saturated carbocycles. The lowest BCUT2D eigenvalue weighted by Crippen LogP contribution is -2.64. The van der Waals surface area contributed by atoms with Crippen LogP contribution >= 0.6 is 0 Å². The van der Waals surface area contributed by atoms with E-state index >= 15 is 0 Å². The molecule has 0 aliphatic heterocycles. The Balaban J connectivity index is 1.69. The maximum absolute atomic E-state index is 12.3. The van der Waals surface area contributed by atoms with Gasteiger partial charge in [-0.3, -0.25) is 0 Å². The van der Waals surface area contributed by atoms with Gasteiger partial charge in [0.1, 0.15) is 5.60 Å². The average Bonchev–Trinajstić information content (AvgIpc) is 2.41. The van der Waals surface area contributed by atoms with Crippen molar-refractivity contribution >= 4 is 11.9 Å². The summed E-state index contributed by atoms with van der Waals surface area (Å²) in [5, 5.41) is 0. The van der Waals surface area contributed by atoms with E-state index in [2.05, 4.69) is 13.5 Å². The van der Waals surface area contributed by atoms with Crippen LogP contribution in [0.3, 0.4) is 0 Å². The van der Waals surface area contributed by atoms with Crippen LogP contribution < -0.4 is 0 Å². The van der Waals surface area contributed by atoms with E-state index in [1.54, 1.807) is 6.92 Å². The normalized spacial score (nSPS) is 39.5. The second-order valence-electron chi connectivity index (χ2n) is 8.45. The summed E-state index contributed by atoms with van der Waals surface area (Å²) in [6, 6.07) is 0. The maximum Gasteiger partial charge on any atom is 0.344 e. The van der Waals surface area contributed by atoms with Crippen LogP contribution in [0.25, 0.3) is 0 Å². The fourth-order valence-electron chi connectivity index (χ4n) is 5.83. The Bertz CT molecular complexity index is 570. The minimum Gasteiger partial charge on any atom is -0.456 e. The zero-order chi connectivity index (χ0) is 17.6. The highest BCUT2D eigenvalue weighted by molar-refractivity contribution is 5.88. The number of esters is 2. The van der Waals surface area contributed by atoms with Crippen molar-refractivity contribution in [2.45, 2.75) is 70.5 Å². The van der Waals surface area contributed by atoms with Crippen LogP contribution in [0, 0.1) is 11.3 Å². The lowest BCUT2D eigenvalue weighted by molar-refractivity contribution is -0.253. The lowest BCUT2D eigenvalue weighted by atomic mass is 9.46. The Kier molecular flexibility index (Phi) is 4.27. The van der Waals surface area contributed by atoms with Crippen LogP contribution in [0.1, 0.15) is 59.3 Å². The monoisotopic (exact) mass is 336 g/mol. The fourth-order valence-corrected chi connectivity index (χ4v) is 5.83. The summed E-state index contributed by atoms with van der Waals surface area (Å²) in [6.07, 6.45) is 5.85. The number of ether oxygens (including phenoxy) is 3. The van der Waals surface area contributed by atoms with Crippen molar-refractivity contribution in [3.63, 3.8) is 0 Å². The molecule has 4 unspecified atom stereocenters. The highest BCUT2D eigenvalue weighted by Gasteiger charge is 2.64. The molecule has 5 nitrogen and oxygen atoms in total. The fraction of sp³-hybridized carbons (Fsp3) is 0.789. The first-order valence-corrected chi connectivity index (χ1v) is 8.87. The minimum atomic E-state index is -0.560. The van der Waals surface area contributed by atoms with Crippen LogP contribution in [0.15, 0.2) is 12.2 Å². The molecule has 4 bridgehead atoms. The molecule has 0 spiro atoms. The molecule has 24 heavy (non-hydrogen) atoms. The molecule has 0 heterocycles. The number of carbonyl (C=O) groups excluding carboxylic acids is 2. The first-order chi connectivity index (χ1) is 11.2. The van der Waals surface area contributed by atoms with Crippen LogP contribution in [0.5, 0.6) is 0 Å². The van der Waals surface area contributed by atoms with Crippen LogP contribution in [0.2, 0.25) is 0 Å². The average molecular weight is 336 g/mol. The van der Waals surface area contributed by atoms with E-state index in [0.29, 0.717) is 12.5 Å². The quantitative estimate of drug-likeness (QED) is 0.551.